The zero-order chi connectivity index (χ0) is 18.3. The third kappa shape index (κ3) is 20.8. The van der Waals surface area contributed by atoms with E-state index in [2.05, 4.69) is 42.0 Å². The zero-order valence-corrected chi connectivity index (χ0v) is 20.5. The van der Waals surface area contributed by atoms with Gasteiger partial charge in [0.1, 0.15) is 13.1 Å². The Labute approximate surface area is 179 Å². The van der Waals surface area contributed by atoms with Crippen LogP contribution in [-0.2, 0) is 0 Å². The van der Waals surface area contributed by atoms with Crippen LogP contribution in [0.25, 0.3) is 0 Å². The van der Waals surface area contributed by atoms with E-state index in [-0.39, 0.29) is 24.8 Å². The van der Waals surface area contributed by atoms with Gasteiger partial charge in [0.05, 0.1) is 41.3 Å². The molecule has 0 spiro atoms. The van der Waals surface area contributed by atoms with Crippen molar-refractivity contribution in [2.75, 3.05) is 54.4 Å². The molecule has 0 aliphatic heterocycles. The van der Waals surface area contributed by atoms with Crippen molar-refractivity contribution in [1.29, 1.82) is 0 Å². The second kappa shape index (κ2) is 18.8. The quantitative estimate of drug-likeness (QED) is 0.230. The Balaban J connectivity index is -0.00000264. The molecule has 0 bridgehead atoms. The maximum atomic E-state index is 2.43. The normalized spacial score (nSPS) is 11.8. The summed E-state index contributed by atoms with van der Waals surface area (Å²) in [6, 6.07) is 0. The van der Waals surface area contributed by atoms with Crippen molar-refractivity contribution in [2.24, 2.45) is 0 Å². The van der Waals surface area contributed by atoms with Crippen LogP contribution in [0.2, 0.25) is 0 Å². The molecule has 0 saturated heterocycles. The van der Waals surface area contributed by atoms with Crippen LogP contribution in [-0.4, -0.2) is 63.3 Å². The monoisotopic (exact) mass is 412 g/mol. The lowest BCUT2D eigenvalue weighted by Crippen LogP contribution is -3.00. The fourth-order valence-electron chi connectivity index (χ4n) is 3.41. The molecule has 0 unspecified atom stereocenters. The summed E-state index contributed by atoms with van der Waals surface area (Å²) in [5.74, 6) is 0. The van der Waals surface area contributed by atoms with Crippen molar-refractivity contribution in [3.8, 4) is 0 Å². The summed E-state index contributed by atoms with van der Waals surface area (Å²) in [5.41, 5.74) is 0. The van der Waals surface area contributed by atoms with E-state index in [1.54, 1.807) is 0 Å². The summed E-state index contributed by atoms with van der Waals surface area (Å²) in [4.78, 5) is 0. The molecule has 0 amide bonds. The summed E-state index contributed by atoms with van der Waals surface area (Å²) in [5, 5.41) is 0. The Kier molecular flexibility index (Phi) is 22.6. The predicted molar refractivity (Wildman–Crippen MR) is 110 cm³/mol. The number of quaternary nitrogens is 2. The Hall–Kier alpha value is 0.500. The summed E-state index contributed by atoms with van der Waals surface area (Å²) in [6.07, 6.45) is 17.0. The second-order valence-electron chi connectivity index (χ2n) is 9.30. The number of nitrogens with zero attached hydrogens (tertiary/aromatic N) is 2. The van der Waals surface area contributed by atoms with Crippen LogP contribution in [0.4, 0.5) is 0 Å². The number of halogens is 2. The van der Waals surface area contributed by atoms with Gasteiger partial charge in [-0.25, -0.2) is 0 Å². The van der Waals surface area contributed by atoms with Gasteiger partial charge in [0.15, 0.2) is 0 Å². The number of rotatable bonds is 17. The van der Waals surface area contributed by atoms with Gasteiger partial charge in [0.2, 0.25) is 0 Å². The van der Waals surface area contributed by atoms with Gasteiger partial charge in [-0.2, -0.15) is 0 Å². The van der Waals surface area contributed by atoms with E-state index >= 15 is 0 Å². The first kappa shape index (κ1) is 31.2. The van der Waals surface area contributed by atoms with Gasteiger partial charge in [0.25, 0.3) is 0 Å². The van der Waals surface area contributed by atoms with E-state index in [1.165, 1.54) is 112 Å². The first-order valence-electron chi connectivity index (χ1n) is 11.0. The summed E-state index contributed by atoms with van der Waals surface area (Å²) < 4.78 is 2.40. The molecule has 0 fully saturated rings. The van der Waals surface area contributed by atoms with Crippen LogP contribution < -0.4 is 24.8 Å². The minimum absolute atomic E-state index is 0. The molecule has 0 saturated carbocycles. The Morgan fingerprint density at radius 2 is 0.654 bits per heavy atom. The lowest BCUT2D eigenvalue weighted by Gasteiger charge is -2.36. The molecule has 0 rings (SSSR count). The SMILES string of the molecule is CCCCCCCC[N+](C)(C)CC[N+](C)(C)CCCCCCCC.[Cl-].[Cl-]. The van der Waals surface area contributed by atoms with Crippen molar-refractivity contribution >= 4 is 0 Å². The zero-order valence-electron chi connectivity index (χ0n) is 19.0. The Bertz CT molecular complexity index is 253. The molecule has 0 aromatic carbocycles. The number of unbranched alkanes of at least 4 members (excludes halogenated alkanes) is 10. The molecule has 0 radical (unpaired) electrons. The van der Waals surface area contributed by atoms with Gasteiger partial charge in [-0.05, 0) is 25.7 Å². The van der Waals surface area contributed by atoms with Crippen molar-refractivity contribution in [2.45, 2.75) is 90.9 Å². The van der Waals surface area contributed by atoms with Gasteiger partial charge in [-0.15, -0.1) is 0 Å². The van der Waals surface area contributed by atoms with Crippen LogP contribution in [0.5, 0.6) is 0 Å². The highest BCUT2D eigenvalue weighted by Gasteiger charge is 2.22. The van der Waals surface area contributed by atoms with E-state index in [0.717, 1.165) is 0 Å². The van der Waals surface area contributed by atoms with E-state index < -0.39 is 0 Å². The van der Waals surface area contributed by atoms with Crippen LogP contribution in [0, 0.1) is 0 Å². The first-order valence-corrected chi connectivity index (χ1v) is 11.0. The molecular weight excluding hydrogens is 363 g/mol. The average molecular weight is 414 g/mol. The molecular formula is C22H50Cl2N2. The van der Waals surface area contributed by atoms with Crippen molar-refractivity contribution in [3.05, 3.63) is 0 Å². The van der Waals surface area contributed by atoms with Crippen LogP contribution >= 0.6 is 0 Å². The van der Waals surface area contributed by atoms with E-state index in [4.69, 9.17) is 0 Å². The van der Waals surface area contributed by atoms with E-state index in [1.807, 2.05) is 0 Å². The van der Waals surface area contributed by atoms with E-state index in [9.17, 15) is 0 Å². The Morgan fingerprint density at radius 1 is 0.385 bits per heavy atom. The summed E-state index contributed by atoms with van der Waals surface area (Å²) >= 11 is 0. The van der Waals surface area contributed by atoms with Crippen LogP contribution in [0.3, 0.4) is 0 Å². The fraction of sp³-hybridized carbons (Fsp3) is 1.00. The minimum Gasteiger partial charge on any atom is -1.00 e. The minimum atomic E-state index is 0. The standard InChI is InChI=1S/C22H50N2.2ClH/c1-7-9-11-13-15-17-19-23(3,4)21-22-24(5,6)20-18-16-14-12-10-8-2;;/h7-22H2,1-6H3;2*1H/q+2;;/p-2. The van der Waals surface area contributed by atoms with Crippen molar-refractivity contribution in [1.82, 2.24) is 0 Å². The molecule has 0 atom stereocenters. The number of hydrogen-bond donors (Lipinski definition) is 0. The second-order valence-corrected chi connectivity index (χ2v) is 9.30. The predicted octanol–water partition coefficient (Wildman–Crippen LogP) is -0.132. The molecule has 0 N–H and O–H groups in total. The van der Waals surface area contributed by atoms with Gasteiger partial charge in [0, 0.05) is 0 Å². The molecule has 162 valence electrons. The molecule has 2 nitrogen and oxygen atoms in total. The van der Waals surface area contributed by atoms with Crippen molar-refractivity contribution < 1.29 is 33.8 Å². The third-order valence-corrected chi connectivity index (χ3v) is 5.54. The lowest BCUT2D eigenvalue weighted by atomic mass is 10.1. The highest BCUT2D eigenvalue weighted by atomic mass is 35.5. The maximum Gasteiger partial charge on any atom is 0.128 e. The lowest BCUT2D eigenvalue weighted by molar-refractivity contribution is -0.946. The van der Waals surface area contributed by atoms with Crippen LogP contribution in [0.15, 0.2) is 0 Å². The highest BCUT2D eigenvalue weighted by Crippen LogP contribution is 2.11. The molecule has 0 aromatic heterocycles. The largest absolute Gasteiger partial charge is 1.00 e. The molecule has 4 heteroatoms. The van der Waals surface area contributed by atoms with E-state index in [0.29, 0.717) is 0 Å². The Morgan fingerprint density at radius 3 is 0.962 bits per heavy atom. The smallest absolute Gasteiger partial charge is 0.128 e. The fourth-order valence-corrected chi connectivity index (χ4v) is 3.41. The molecule has 26 heavy (non-hydrogen) atoms. The number of hydrogen-bond acceptors (Lipinski definition) is 0. The maximum absolute atomic E-state index is 2.43. The summed E-state index contributed by atoms with van der Waals surface area (Å²) in [7, 11) is 9.71. The summed E-state index contributed by atoms with van der Waals surface area (Å²) in [6.45, 7) is 9.93. The highest BCUT2D eigenvalue weighted by molar-refractivity contribution is 4.46. The average Bonchev–Trinajstić information content (AvgIpc) is 2.52. The van der Waals surface area contributed by atoms with Gasteiger partial charge >= 0.3 is 0 Å². The van der Waals surface area contributed by atoms with Crippen molar-refractivity contribution in [3.63, 3.8) is 0 Å². The third-order valence-electron chi connectivity index (χ3n) is 5.54. The topological polar surface area (TPSA) is 0 Å². The molecule has 0 aromatic rings. The van der Waals surface area contributed by atoms with Gasteiger partial charge in [-0.1, -0.05) is 65.2 Å². The van der Waals surface area contributed by atoms with Gasteiger partial charge < -0.3 is 33.8 Å². The molecule has 0 heterocycles. The molecule has 0 aliphatic rings. The van der Waals surface area contributed by atoms with Crippen LogP contribution in [0.1, 0.15) is 90.9 Å². The van der Waals surface area contributed by atoms with Gasteiger partial charge in [-0.3, -0.25) is 0 Å². The first-order chi connectivity index (χ1) is 11.3. The number of likely N-dealkylation sites (N-methyl/N-ethyl adjacent to an activating group) is 2. The molecule has 0 aliphatic carbocycles.